The summed E-state index contributed by atoms with van der Waals surface area (Å²) in [5, 5.41) is 3.28. The Labute approximate surface area is 182 Å². The number of aliphatic imine (C=N–C) groups is 1. The van der Waals surface area contributed by atoms with Crippen molar-refractivity contribution in [2.24, 2.45) is 16.6 Å². The lowest BCUT2D eigenvalue weighted by atomic mass is 9.98. The van der Waals surface area contributed by atoms with Gasteiger partial charge in [0, 0.05) is 26.7 Å². The van der Waals surface area contributed by atoms with Crippen LogP contribution in [0.1, 0.15) is 16.7 Å². The molecule has 0 spiro atoms. The molecular weight excluding hydrogens is 399 g/mol. The van der Waals surface area contributed by atoms with Gasteiger partial charge in [-0.25, -0.2) is 4.39 Å². The molecule has 166 valence electrons. The normalized spacial score (nSPS) is 14.6. The third-order valence-electron chi connectivity index (χ3n) is 5.53. The number of benzene rings is 2. The van der Waals surface area contributed by atoms with Crippen molar-refractivity contribution in [2.45, 2.75) is 19.4 Å². The SMILES string of the molecule is CN=C(NCC(Cc1ccc(F)cc1)C(N)=O)N1CCc2cc(OC)c(OC)cc2C1. The number of nitrogens with two attached hydrogens (primary N) is 1. The van der Waals surface area contributed by atoms with Gasteiger partial charge in [-0.3, -0.25) is 9.79 Å². The maximum absolute atomic E-state index is 13.1. The highest BCUT2D eigenvalue weighted by atomic mass is 19.1. The summed E-state index contributed by atoms with van der Waals surface area (Å²) in [5.41, 5.74) is 8.83. The zero-order valence-corrected chi connectivity index (χ0v) is 18.2. The summed E-state index contributed by atoms with van der Waals surface area (Å²) in [6.07, 6.45) is 1.27. The molecule has 8 heteroatoms. The second-order valence-corrected chi connectivity index (χ2v) is 7.51. The summed E-state index contributed by atoms with van der Waals surface area (Å²) in [6, 6.07) is 10.1. The number of fused-ring (bicyclic) bond motifs is 1. The fraction of sp³-hybridized carbons (Fsp3) is 0.391. The molecule has 1 atom stereocenters. The Morgan fingerprint density at radius 3 is 2.42 bits per heavy atom. The Hall–Kier alpha value is -3.29. The second kappa shape index (κ2) is 10.1. The van der Waals surface area contributed by atoms with E-state index in [0.717, 1.165) is 29.8 Å². The summed E-state index contributed by atoms with van der Waals surface area (Å²) in [7, 11) is 4.97. The van der Waals surface area contributed by atoms with Crippen molar-refractivity contribution in [3.8, 4) is 11.5 Å². The van der Waals surface area contributed by atoms with E-state index in [1.54, 1.807) is 33.4 Å². The number of hydrogen-bond donors (Lipinski definition) is 2. The van der Waals surface area contributed by atoms with Gasteiger partial charge in [-0.2, -0.15) is 0 Å². The van der Waals surface area contributed by atoms with Crippen molar-refractivity contribution in [1.82, 2.24) is 10.2 Å². The zero-order valence-electron chi connectivity index (χ0n) is 18.2. The van der Waals surface area contributed by atoms with Crippen LogP contribution < -0.4 is 20.5 Å². The molecule has 3 N–H and O–H groups in total. The fourth-order valence-electron chi connectivity index (χ4n) is 3.79. The summed E-state index contributed by atoms with van der Waals surface area (Å²) >= 11 is 0. The highest BCUT2D eigenvalue weighted by Gasteiger charge is 2.23. The van der Waals surface area contributed by atoms with Crippen LogP contribution in [0.3, 0.4) is 0 Å². The van der Waals surface area contributed by atoms with Gasteiger partial charge in [-0.1, -0.05) is 12.1 Å². The van der Waals surface area contributed by atoms with Gasteiger partial charge in [0.15, 0.2) is 17.5 Å². The summed E-state index contributed by atoms with van der Waals surface area (Å²) in [4.78, 5) is 18.5. The smallest absolute Gasteiger partial charge is 0.222 e. The van der Waals surface area contributed by atoms with Gasteiger partial charge in [0.2, 0.25) is 5.91 Å². The molecule has 1 aliphatic heterocycles. The number of carbonyl (C=O) groups is 1. The second-order valence-electron chi connectivity index (χ2n) is 7.51. The van der Waals surface area contributed by atoms with Crippen molar-refractivity contribution in [2.75, 3.05) is 34.4 Å². The first-order valence-corrected chi connectivity index (χ1v) is 10.2. The molecule has 2 aromatic carbocycles. The number of guanidine groups is 1. The summed E-state index contributed by atoms with van der Waals surface area (Å²) in [5.74, 6) is 0.960. The predicted octanol–water partition coefficient (Wildman–Crippen LogP) is 2.12. The number of nitrogens with zero attached hydrogens (tertiary/aromatic N) is 2. The number of carbonyl (C=O) groups excluding carboxylic acids is 1. The van der Waals surface area contributed by atoms with E-state index in [9.17, 15) is 9.18 Å². The van der Waals surface area contributed by atoms with Gasteiger partial charge in [0.1, 0.15) is 5.82 Å². The quantitative estimate of drug-likeness (QED) is 0.521. The monoisotopic (exact) mass is 428 g/mol. The Morgan fingerprint density at radius 2 is 1.84 bits per heavy atom. The Balaban J connectivity index is 1.67. The maximum Gasteiger partial charge on any atom is 0.222 e. The van der Waals surface area contributed by atoms with Crippen LogP contribution in [-0.2, 0) is 24.2 Å². The Kier molecular flexibility index (Phi) is 7.33. The van der Waals surface area contributed by atoms with E-state index < -0.39 is 11.8 Å². The van der Waals surface area contributed by atoms with Crippen molar-refractivity contribution in [1.29, 1.82) is 0 Å². The fourth-order valence-corrected chi connectivity index (χ4v) is 3.79. The standard InChI is InChI=1S/C23H29FN4O3/c1-26-23(27-13-17(22(25)29)10-15-4-6-19(24)7-5-15)28-9-8-16-11-20(30-2)21(31-3)12-18(16)14-28/h4-7,11-12,17H,8-10,13-14H2,1-3H3,(H2,25,29)(H,26,27). The van der Waals surface area contributed by atoms with Gasteiger partial charge in [-0.15, -0.1) is 0 Å². The first-order chi connectivity index (χ1) is 14.9. The van der Waals surface area contributed by atoms with Gasteiger partial charge >= 0.3 is 0 Å². The van der Waals surface area contributed by atoms with E-state index >= 15 is 0 Å². The molecule has 0 aromatic heterocycles. The molecule has 0 fully saturated rings. The van der Waals surface area contributed by atoms with Crippen molar-refractivity contribution < 1.29 is 18.7 Å². The summed E-state index contributed by atoms with van der Waals surface area (Å²) < 4.78 is 24.0. The Morgan fingerprint density at radius 1 is 1.19 bits per heavy atom. The van der Waals surface area contributed by atoms with Crippen LogP contribution in [0, 0.1) is 11.7 Å². The molecule has 1 amide bonds. The molecule has 1 aliphatic rings. The van der Waals surface area contributed by atoms with Gasteiger partial charge in [0.05, 0.1) is 20.1 Å². The van der Waals surface area contributed by atoms with E-state index in [-0.39, 0.29) is 5.82 Å². The zero-order chi connectivity index (χ0) is 22.4. The number of ether oxygens (including phenoxy) is 2. The minimum absolute atomic E-state index is 0.308. The third kappa shape index (κ3) is 5.45. The minimum Gasteiger partial charge on any atom is -0.493 e. The average Bonchev–Trinajstić information content (AvgIpc) is 2.78. The van der Waals surface area contributed by atoms with Crippen LogP contribution in [0.2, 0.25) is 0 Å². The topological polar surface area (TPSA) is 89.2 Å². The predicted molar refractivity (Wildman–Crippen MR) is 118 cm³/mol. The molecule has 1 unspecified atom stereocenters. The molecule has 0 radical (unpaired) electrons. The molecule has 0 bridgehead atoms. The Bertz CT molecular complexity index is 947. The lowest BCUT2D eigenvalue weighted by Gasteiger charge is -2.32. The molecule has 0 saturated heterocycles. The molecule has 2 aromatic rings. The third-order valence-corrected chi connectivity index (χ3v) is 5.53. The van der Waals surface area contributed by atoms with Crippen LogP contribution >= 0.6 is 0 Å². The number of halogens is 1. The molecule has 3 rings (SSSR count). The van der Waals surface area contributed by atoms with Gasteiger partial charge in [-0.05, 0) is 53.8 Å². The largest absolute Gasteiger partial charge is 0.493 e. The number of hydrogen-bond acceptors (Lipinski definition) is 4. The van der Waals surface area contributed by atoms with E-state index in [2.05, 4.69) is 15.2 Å². The first-order valence-electron chi connectivity index (χ1n) is 10.2. The lowest BCUT2D eigenvalue weighted by molar-refractivity contribution is -0.121. The van der Waals surface area contributed by atoms with Crippen LogP contribution in [0.15, 0.2) is 41.4 Å². The number of primary amides is 1. The number of amides is 1. The van der Waals surface area contributed by atoms with Crippen LogP contribution in [0.5, 0.6) is 11.5 Å². The molecule has 0 aliphatic carbocycles. The highest BCUT2D eigenvalue weighted by molar-refractivity contribution is 5.82. The van der Waals surface area contributed by atoms with Crippen molar-refractivity contribution in [3.63, 3.8) is 0 Å². The molecule has 7 nitrogen and oxygen atoms in total. The number of methoxy groups -OCH3 is 2. The minimum atomic E-state index is -0.441. The average molecular weight is 429 g/mol. The summed E-state index contributed by atoms with van der Waals surface area (Å²) in [6.45, 7) is 1.78. The van der Waals surface area contributed by atoms with E-state index in [4.69, 9.17) is 15.2 Å². The van der Waals surface area contributed by atoms with Crippen LogP contribution in [0.4, 0.5) is 4.39 Å². The molecule has 0 saturated carbocycles. The first kappa shape index (κ1) is 22.4. The highest BCUT2D eigenvalue weighted by Crippen LogP contribution is 2.33. The van der Waals surface area contributed by atoms with E-state index in [1.807, 2.05) is 12.1 Å². The number of nitrogens with one attached hydrogen (secondary N) is 1. The van der Waals surface area contributed by atoms with Crippen molar-refractivity contribution in [3.05, 3.63) is 58.9 Å². The van der Waals surface area contributed by atoms with Crippen LogP contribution in [0.25, 0.3) is 0 Å². The molecule has 31 heavy (non-hydrogen) atoms. The van der Waals surface area contributed by atoms with Gasteiger partial charge < -0.3 is 25.4 Å². The van der Waals surface area contributed by atoms with Crippen LogP contribution in [-0.4, -0.2) is 51.1 Å². The lowest BCUT2D eigenvalue weighted by Crippen LogP contribution is -2.47. The maximum atomic E-state index is 13.1. The number of rotatable bonds is 7. The van der Waals surface area contributed by atoms with Gasteiger partial charge in [0.25, 0.3) is 0 Å². The van der Waals surface area contributed by atoms with E-state index in [1.165, 1.54) is 17.7 Å². The van der Waals surface area contributed by atoms with E-state index in [0.29, 0.717) is 31.2 Å². The molecule has 1 heterocycles. The van der Waals surface area contributed by atoms with Crippen molar-refractivity contribution >= 4 is 11.9 Å². The molecular formula is C23H29FN4O3.